The van der Waals surface area contributed by atoms with Gasteiger partial charge in [0.25, 0.3) is 0 Å². The van der Waals surface area contributed by atoms with E-state index < -0.39 is 29.2 Å². The fourth-order valence-corrected chi connectivity index (χ4v) is 7.26. The van der Waals surface area contributed by atoms with Crippen LogP contribution in [0, 0.1) is 18.2 Å². The average Bonchev–Trinajstić information content (AvgIpc) is 3.46. The Morgan fingerprint density at radius 2 is 1.51 bits per heavy atom. The molecule has 0 bridgehead atoms. The van der Waals surface area contributed by atoms with Gasteiger partial charge in [-0.3, -0.25) is 14.4 Å². The van der Waals surface area contributed by atoms with Crippen LogP contribution in [0.2, 0.25) is 0 Å². The summed E-state index contributed by atoms with van der Waals surface area (Å²) in [5.41, 5.74) is 2.17. The number of carbonyl (C=O) groups is 3. The summed E-state index contributed by atoms with van der Waals surface area (Å²) in [6.07, 6.45) is 3.52. The van der Waals surface area contributed by atoms with Gasteiger partial charge in [0.2, 0.25) is 0 Å². The number of nitrogens with zero attached hydrogens (tertiary/aromatic N) is 1. The molecule has 2 aliphatic heterocycles. The summed E-state index contributed by atoms with van der Waals surface area (Å²) in [5, 5.41) is 0. The molecule has 1 saturated heterocycles. The van der Waals surface area contributed by atoms with Crippen LogP contribution < -0.4 is 14.4 Å². The SMILES string of the molecule is COc1ccc([C@@H]2[C@@H](C(=O)c3ccc(C)cc3)N3c4ccc(F)cc4C=C[C@@H]3C23C(=O)c2ccccc2C3=O)cc1OC. The van der Waals surface area contributed by atoms with E-state index in [9.17, 15) is 18.8 Å². The van der Waals surface area contributed by atoms with Gasteiger partial charge in [0.05, 0.1) is 20.3 Å². The molecule has 3 aliphatic rings. The fourth-order valence-electron chi connectivity index (χ4n) is 7.26. The Hall–Kier alpha value is -5.04. The van der Waals surface area contributed by atoms with Crippen LogP contribution in [0.3, 0.4) is 0 Å². The molecular formula is C36H28FNO5. The summed E-state index contributed by atoms with van der Waals surface area (Å²) < 4.78 is 25.6. The fraction of sp³-hybridized carbons (Fsp3) is 0.194. The molecule has 7 rings (SSSR count). The maximum atomic E-state index is 14.8. The lowest BCUT2D eigenvalue weighted by atomic mass is 9.64. The number of rotatable bonds is 5. The molecule has 0 N–H and O–H groups in total. The van der Waals surface area contributed by atoms with Gasteiger partial charge in [-0.2, -0.15) is 0 Å². The summed E-state index contributed by atoms with van der Waals surface area (Å²) in [4.78, 5) is 46.1. The first-order valence-electron chi connectivity index (χ1n) is 14.1. The van der Waals surface area contributed by atoms with E-state index >= 15 is 0 Å². The molecule has 0 saturated carbocycles. The van der Waals surface area contributed by atoms with E-state index in [4.69, 9.17) is 9.47 Å². The van der Waals surface area contributed by atoms with Crippen LogP contribution in [-0.4, -0.2) is 43.7 Å². The van der Waals surface area contributed by atoms with Crippen molar-refractivity contribution in [2.75, 3.05) is 19.1 Å². The number of hydrogen-bond donors (Lipinski definition) is 0. The van der Waals surface area contributed by atoms with E-state index in [1.807, 2.05) is 24.0 Å². The number of aryl methyl sites for hydroxylation is 1. The van der Waals surface area contributed by atoms with Crippen molar-refractivity contribution < 1.29 is 28.2 Å². The number of ether oxygens (including phenoxy) is 2. The van der Waals surface area contributed by atoms with E-state index in [1.165, 1.54) is 26.4 Å². The normalized spacial score (nSPS) is 21.0. The summed E-state index contributed by atoms with van der Waals surface area (Å²) >= 11 is 0. The first kappa shape index (κ1) is 26.8. The summed E-state index contributed by atoms with van der Waals surface area (Å²) in [6, 6.07) is 21.9. The highest BCUT2D eigenvalue weighted by Gasteiger charge is 2.71. The number of carbonyl (C=O) groups excluding carboxylic acids is 3. The predicted octanol–water partition coefficient (Wildman–Crippen LogP) is 6.47. The third-order valence-corrected chi connectivity index (χ3v) is 9.14. The Morgan fingerprint density at radius 1 is 0.837 bits per heavy atom. The van der Waals surface area contributed by atoms with Crippen LogP contribution in [0.4, 0.5) is 10.1 Å². The van der Waals surface area contributed by atoms with Gasteiger partial charge in [0.15, 0.2) is 28.8 Å². The molecule has 1 fully saturated rings. The Kier molecular flexibility index (Phi) is 6.09. The largest absolute Gasteiger partial charge is 0.493 e. The van der Waals surface area contributed by atoms with Crippen molar-refractivity contribution in [2.45, 2.75) is 24.9 Å². The highest BCUT2D eigenvalue weighted by atomic mass is 19.1. The van der Waals surface area contributed by atoms with Gasteiger partial charge in [0.1, 0.15) is 17.3 Å². The van der Waals surface area contributed by atoms with Gasteiger partial charge in [-0.15, -0.1) is 0 Å². The quantitative estimate of drug-likeness (QED) is 0.201. The minimum absolute atomic E-state index is 0.246. The second-order valence-electron chi connectivity index (χ2n) is 11.3. The van der Waals surface area contributed by atoms with Crippen LogP contribution in [0.25, 0.3) is 6.08 Å². The van der Waals surface area contributed by atoms with E-state index in [0.717, 1.165) is 5.56 Å². The Morgan fingerprint density at radius 3 is 2.16 bits per heavy atom. The molecule has 3 atom stereocenters. The number of halogens is 1. The molecule has 1 spiro atoms. The number of ketones is 3. The molecule has 0 unspecified atom stereocenters. The van der Waals surface area contributed by atoms with Gasteiger partial charge < -0.3 is 14.4 Å². The minimum atomic E-state index is -1.67. The number of methoxy groups -OCH3 is 2. The molecule has 4 aromatic carbocycles. The first-order valence-corrected chi connectivity index (χ1v) is 14.1. The Bertz CT molecular complexity index is 1830. The van der Waals surface area contributed by atoms with Crippen molar-refractivity contribution in [3.05, 3.63) is 130 Å². The maximum Gasteiger partial charge on any atom is 0.185 e. The second kappa shape index (κ2) is 9.76. The number of fused-ring (bicyclic) bond motifs is 5. The number of hydrogen-bond acceptors (Lipinski definition) is 6. The van der Waals surface area contributed by atoms with Gasteiger partial charge in [-0.1, -0.05) is 72.3 Å². The average molecular weight is 574 g/mol. The Labute approximate surface area is 248 Å². The molecule has 7 heteroatoms. The van der Waals surface area contributed by atoms with Crippen molar-refractivity contribution in [3.8, 4) is 11.5 Å². The molecule has 0 radical (unpaired) electrons. The number of benzene rings is 4. The smallest absolute Gasteiger partial charge is 0.185 e. The number of anilines is 1. The van der Waals surface area contributed by atoms with Crippen molar-refractivity contribution in [1.29, 1.82) is 0 Å². The van der Waals surface area contributed by atoms with Gasteiger partial charge in [-0.25, -0.2) is 4.39 Å². The lowest BCUT2D eigenvalue weighted by molar-refractivity contribution is 0.0665. The highest BCUT2D eigenvalue weighted by molar-refractivity contribution is 6.32. The first-order chi connectivity index (χ1) is 20.8. The highest BCUT2D eigenvalue weighted by Crippen LogP contribution is 2.61. The van der Waals surface area contributed by atoms with Crippen LogP contribution in [0.15, 0.2) is 91.0 Å². The molecule has 0 aromatic heterocycles. The Balaban J connectivity index is 1.55. The third kappa shape index (κ3) is 3.67. The van der Waals surface area contributed by atoms with E-state index in [2.05, 4.69) is 0 Å². The van der Waals surface area contributed by atoms with Crippen molar-refractivity contribution in [3.63, 3.8) is 0 Å². The maximum absolute atomic E-state index is 14.8. The lowest BCUT2D eigenvalue weighted by Gasteiger charge is -2.37. The molecular weight excluding hydrogens is 545 g/mol. The molecule has 6 nitrogen and oxygen atoms in total. The van der Waals surface area contributed by atoms with Crippen molar-refractivity contribution in [1.82, 2.24) is 0 Å². The van der Waals surface area contributed by atoms with Crippen LogP contribution in [0.1, 0.15) is 53.7 Å². The number of Topliss-reactive ketones (excluding diaryl/α,β-unsaturated/α-hetero) is 3. The van der Waals surface area contributed by atoms with Crippen LogP contribution >= 0.6 is 0 Å². The van der Waals surface area contributed by atoms with E-state index in [-0.39, 0.29) is 17.3 Å². The standard InChI is InChI=1S/C36H28FNO5/c1-20-8-10-21(11-9-20)33(39)32-31(23-12-16-28(42-2)29(19-23)43-3)36(34(40)25-6-4-5-7-26(25)35(36)41)30-17-13-22-18-24(37)14-15-27(22)38(30)32/h4-19,30-32H,1-3H3/t30-,31-,32+/m1/s1. The summed E-state index contributed by atoms with van der Waals surface area (Å²) in [5.74, 6) is -1.37. The summed E-state index contributed by atoms with van der Waals surface area (Å²) in [7, 11) is 3.04. The van der Waals surface area contributed by atoms with Gasteiger partial charge in [0, 0.05) is 33.9 Å². The zero-order chi connectivity index (χ0) is 30.0. The molecule has 0 amide bonds. The van der Waals surface area contributed by atoms with Gasteiger partial charge >= 0.3 is 0 Å². The van der Waals surface area contributed by atoms with Crippen molar-refractivity contribution in [2.24, 2.45) is 5.41 Å². The van der Waals surface area contributed by atoms with E-state index in [0.29, 0.717) is 45.0 Å². The zero-order valence-corrected chi connectivity index (χ0v) is 23.8. The minimum Gasteiger partial charge on any atom is -0.493 e. The molecule has 214 valence electrons. The zero-order valence-electron chi connectivity index (χ0n) is 23.8. The predicted molar refractivity (Wildman–Crippen MR) is 161 cm³/mol. The van der Waals surface area contributed by atoms with Crippen LogP contribution in [0.5, 0.6) is 11.5 Å². The molecule has 1 aliphatic carbocycles. The van der Waals surface area contributed by atoms with Crippen LogP contribution in [-0.2, 0) is 0 Å². The molecule has 2 heterocycles. The lowest BCUT2D eigenvalue weighted by Crippen LogP contribution is -2.48. The molecule has 4 aromatic rings. The molecule has 43 heavy (non-hydrogen) atoms. The van der Waals surface area contributed by atoms with E-state index in [1.54, 1.807) is 72.8 Å². The van der Waals surface area contributed by atoms with Crippen molar-refractivity contribution >= 4 is 29.1 Å². The second-order valence-corrected chi connectivity index (χ2v) is 11.3. The summed E-state index contributed by atoms with van der Waals surface area (Å²) in [6.45, 7) is 1.94. The monoisotopic (exact) mass is 573 g/mol. The van der Waals surface area contributed by atoms with Gasteiger partial charge in [-0.05, 0) is 42.8 Å². The third-order valence-electron chi connectivity index (χ3n) is 9.14. The topological polar surface area (TPSA) is 72.9 Å².